The second-order valence-corrected chi connectivity index (χ2v) is 6.83. The first-order chi connectivity index (χ1) is 13.2. The molecular formula is C20H20N6O. The lowest BCUT2D eigenvalue weighted by Gasteiger charge is -2.41. The van der Waals surface area contributed by atoms with Crippen LogP contribution in [0.3, 0.4) is 0 Å². The number of carbonyl (C=O) groups is 1. The maximum absolute atomic E-state index is 11.3. The fraction of sp³-hybridized carbons (Fsp3) is 0.250. The number of hydrogen-bond donors (Lipinski definition) is 2. The Morgan fingerprint density at radius 1 is 1.15 bits per heavy atom. The van der Waals surface area contributed by atoms with Crippen LogP contribution in [0.2, 0.25) is 0 Å². The Balaban J connectivity index is 1.47. The van der Waals surface area contributed by atoms with E-state index in [1.54, 1.807) is 30.6 Å². The average molecular weight is 360 g/mol. The first-order valence-corrected chi connectivity index (χ1v) is 8.91. The molecule has 4 rings (SSSR count). The molecule has 0 bridgehead atoms. The Labute approximate surface area is 157 Å². The molecule has 3 N–H and O–H groups in total. The molecule has 0 atom stereocenters. The highest BCUT2D eigenvalue weighted by Crippen LogP contribution is 2.42. The summed E-state index contributed by atoms with van der Waals surface area (Å²) in [6, 6.07) is 10.8. The van der Waals surface area contributed by atoms with Gasteiger partial charge in [0.1, 0.15) is 5.82 Å². The van der Waals surface area contributed by atoms with Gasteiger partial charge in [-0.05, 0) is 37.1 Å². The number of primary amides is 1. The largest absolute Gasteiger partial charge is 0.368 e. The molecule has 0 aliphatic heterocycles. The van der Waals surface area contributed by atoms with E-state index in [1.165, 1.54) is 6.42 Å². The summed E-state index contributed by atoms with van der Waals surface area (Å²) in [6.45, 7) is 0.747. The Bertz CT molecular complexity index is 938. The first-order valence-electron chi connectivity index (χ1n) is 8.91. The molecule has 0 spiro atoms. The molecule has 1 aliphatic rings. The van der Waals surface area contributed by atoms with Crippen molar-refractivity contribution in [1.29, 1.82) is 0 Å². The van der Waals surface area contributed by atoms with Crippen LogP contribution in [-0.2, 0) is 5.41 Å². The predicted molar refractivity (Wildman–Crippen MR) is 102 cm³/mol. The molecule has 0 saturated heterocycles. The summed E-state index contributed by atoms with van der Waals surface area (Å²) in [4.78, 5) is 20.0. The molecule has 1 saturated carbocycles. The van der Waals surface area contributed by atoms with E-state index in [2.05, 4.69) is 25.5 Å². The van der Waals surface area contributed by atoms with Crippen LogP contribution in [0.15, 0.2) is 55.0 Å². The smallest absolute Gasteiger partial charge is 0.248 e. The van der Waals surface area contributed by atoms with Gasteiger partial charge in [0.25, 0.3) is 0 Å². The summed E-state index contributed by atoms with van der Waals surface area (Å²) in [7, 11) is 0. The number of nitrogens with zero attached hydrogens (tertiary/aromatic N) is 4. The van der Waals surface area contributed by atoms with E-state index in [4.69, 9.17) is 5.73 Å². The minimum absolute atomic E-state index is 0.0183. The number of rotatable bonds is 6. The molecule has 2 aromatic heterocycles. The van der Waals surface area contributed by atoms with Gasteiger partial charge < -0.3 is 11.1 Å². The summed E-state index contributed by atoms with van der Waals surface area (Å²) in [5.74, 6) is 0.248. The van der Waals surface area contributed by atoms with Crippen molar-refractivity contribution >= 4 is 11.7 Å². The molecule has 0 radical (unpaired) electrons. The van der Waals surface area contributed by atoms with Crippen LogP contribution in [0, 0.1) is 0 Å². The minimum atomic E-state index is -0.460. The maximum atomic E-state index is 11.3. The molecule has 2 heterocycles. The van der Waals surface area contributed by atoms with Crippen molar-refractivity contribution in [3.05, 3.63) is 66.2 Å². The van der Waals surface area contributed by atoms with E-state index in [0.29, 0.717) is 17.1 Å². The number of nitrogens with two attached hydrogens (primary N) is 1. The number of anilines is 1. The van der Waals surface area contributed by atoms with Crippen LogP contribution in [0.4, 0.5) is 5.82 Å². The zero-order valence-electron chi connectivity index (χ0n) is 14.8. The van der Waals surface area contributed by atoms with E-state index in [9.17, 15) is 4.79 Å². The van der Waals surface area contributed by atoms with Crippen LogP contribution in [-0.4, -0.2) is 32.6 Å². The van der Waals surface area contributed by atoms with Crippen molar-refractivity contribution in [3.63, 3.8) is 0 Å². The number of nitrogens with one attached hydrogen (secondary N) is 1. The van der Waals surface area contributed by atoms with Crippen molar-refractivity contribution < 1.29 is 4.79 Å². The molecule has 1 aliphatic carbocycles. The van der Waals surface area contributed by atoms with Crippen molar-refractivity contribution in [1.82, 2.24) is 20.2 Å². The van der Waals surface area contributed by atoms with Crippen LogP contribution in [0.25, 0.3) is 11.3 Å². The van der Waals surface area contributed by atoms with Crippen LogP contribution in [0.1, 0.15) is 35.3 Å². The van der Waals surface area contributed by atoms with Crippen molar-refractivity contribution in [3.8, 4) is 11.3 Å². The highest BCUT2D eigenvalue weighted by Gasteiger charge is 2.40. The molecule has 3 aromatic rings. The molecule has 7 nitrogen and oxygen atoms in total. The first kappa shape index (κ1) is 17.1. The van der Waals surface area contributed by atoms with Gasteiger partial charge in [-0.15, -0.1) is 10.2 Å². The van der Waals surface area contributed by atoms with Crippen molar-refractivity contribution in [2.45, 2.75) is 24.7 Å². The van der Waals surface area contributed by atoms with Gasteiger partial charge in [-0.3, -0.25) is 14.8 Å². The van der Waals surface area contributed by atoms with E-state index >= 15 is 0 Å². The zero-order valence-corrected chi connectivity index (χ0v) is 14.8. The maximum Gasteiger partial charge on any atom is 0.248 e. The normalized spacial score (nSPS) is 15.0. The molecule has 1 amide bonds. The van der Waals surface area contributed by atoms with Crippen molar-refractivity contribution in [2.24, 2.45) is 5.73 Å². The standard InChI is InChI=1S/C20H20N6O/c21-19(27)15-4-1-3-14(11-15)16-5-6-18(26-25-16)24-13-20(7-2-8-20)17-12-22-9-10-23-17/h1,3-6,9-12H,2,7-8,13H2,(H2,21,27)(H,24,26). The number of benzene rings is 1. The molecular weight excluding hydrogens is 340 g/mol. The quantitative estimate of drug-likeness (QED) is 0.700. The predicted octanol–water partition coefficient (Wildman–Crippen LogP) is 2.57. The van der Waals surface area contributed by atoms with Crippen LogP contribution in [0.5, 0.6) is 0 Å². The third-order valence-electron chi connectivity index (χ3n) is 5.13. The van der Waals surface area contributed by atoms with Gasteiger partial charge in [-0.25, -0.2) is 0 Å². The van der Waals surface area contributed by atoms with Gasteiger partial charge in [0.2, 0.25) is 5.91 Å². The molecule has 136 valence electrons. The van der Waals surface area contributed by atoms with E-state index in [-0.39, 0.29) is 5.41 Å². The molecule has 27 heavy (non-hydrogen) atoms. The summed E-state index contributed by atoms with van der Waals surface area (Å²) in [5, 5.41) is 11.9. The Hall–Kier alpha value is -3.35. The Morgan fingerprint density at radius 2 is 2.04 bits per heavy atom. The lowest BCUT2D eigenvalue weighted by atomic mass is 9.66. The third-order valence-corrected chi connectivity index (χ3v) is 5.13. The Morgan fingerprint density at radius 3 is 2.67 bits per heavy atom. The number of hydrogen-bond acceptors (Lipinski definition) is 6. The topological polar surface area (TPSA) is 107 Å². The third kappa shape index (κ3) is 3.48. The highest BCUT2D eigenvalue weighted by molar-refractivity contribution is 5.93. The SMILES string of the molecule is NC(=O)c1cccc(-c2ccc(NCC3(c4cnccn4)CCC3)nn2)c1. The fourth-order valence-electron chi connectivity index (χ4n) is 3.37. The van der Waals surface area contributed by atoms with Gasteiger partial charge in [0.05, 0.1) is 11.4 Å². The van der Waals surface area contributed by atoms with Gasteiger partial charge in [-0.1, -0.05) is 18.6 Å². The fourth-order valence-corrected chi connectivity index (χ4v) is 3.37. The molecule has 1 fully saturated rings. The van der Waals surface area contributed by atoms with E-state index in [1.807, 2.05) is 24.4 Å². The van der Waals surface area contributed by atoms with E-state index in [0.717, 1.165) is 30.6 Å². The van der Waals surface area contributed by atoms with Gasteiger partial charge in [0, 0.05) is 41.7 Å². The van der Waals surface area contributed by atoms with E-state index < -0.39 is 5.91 Å². The summed E-state index contributed by atoms with van der Waals surface area (Å²) >= 11 is 0. The van der Waals surface area contributed by atoms with Crippen molar-refractivity contribution in [2.75, 3.05) is 11.9 Å². The summed E-state index contributed by atoms with van der Waals surface area (Å²) in [6.07, 6.45) is 8.65. The minimum Gasteiger partial charge on any atom is -0.368 e. The van der Waals surface area contributed by atoms with Gasteiger partial charge in [-0.2, -0.15) is 0 Å². The molecule has 0 unspecified atom stereocenters. The number of amides is 1. The second kappa shape index (κ2) is 7.11. The zero-order chi connectivity index (χ0) is 18.7. The van der Waals surface area contributed by atoms with Gasteiger partial charge >= 0.3 is 0 Å². The van der Waals surface area contributed by atoms with Crippen LogP contribution < -0.4 is 11.1 Å². The van der Waals surface area contributed by atoms with Gasteiger partial charge in [0.15, 0.2) is 0 Å². The number of carbonyl (C=O) groups excluding carboxylic acids is 1. The summed E-state index contributed by atoms with van der Waals surface area (Å²) < 4.78 is 0. The summed E-state index contributed by atoms with van der Waals surface area (Å²) in [5.41, 5.74) is 8.33. The lowest BCUT2D eigenvalue weighted by molar-refractivity contribution is 0.100. The Kier molecular flexibility index (Phi) is 4.50. The average Bonchev–Trinajstić information content (AvgIpc) is 2.68. The second-order valence-electron chi connectivity index (χ2n) is 6.83. The van der Waals surface area contributed by atoms with Crippen LogP contribution >= 0.6 is 0 Å². The molecule has 7 heteroatoms. The lowest BCUT2D eigenvalue weighted by Crippen LogP contribution is -2.41. The number of aromatic nitrogens is 4. The molecule has 1 aromatic carbocycles. The monoisotopic (exact) mass is 360 g/mol. The highest BCUT2D eigenvalue weighted by atomic mass is 16.1.